The molecule has 0 aliphatic carbocycles. The molecule has 0 saturated carbocycles. The van der Waals surface area contributed by atoms with E-state index in [2.05, 4.69) is 35.9 Å². The lowest BCUT2D eigenvalue weighted by molar-refractivity contribution is 0.418. The van der Waals surface area contributed by atoms with E-state index in [1.54, 1.807) is 0 Å². The summed E-state index contributed by atoms with van der Waals surface area (Å²) < 4.78 is 0. The number of hydrogen-bond donors (Lipinski definition) is 0. The lowest BCUT2D eigenvalue weighted by Crippen LogP contribution is -2.25. The molecule has 0 atom stereocenters. The first-order valence-electron chi connectivity index (χ1n) is 5.65. The fraction of sp³-hybridized carbons (Fsp3) is 0.667. The normalized spacial score (nSPS) is 19.2. The molecule has 1 saturated heterocycles. The first-order valence-corrected chi connectivity index (χ1v) is 6.03. The highest BCUT2D eigenvalue weighted by molar-refractivity contribution is 6.30. The maximum atomic E-state index is 5.96. The monoisotopic (exact) mass is 239 g/mol. The average Bonchev–Trinajstić information content (AvgIpc) is 2.55. The molecule has 0 radical (unpaired) electrons. The van der Waals surface area contributed by atoms with Gasteiger partial charge in [-0.2, -0.15) is 0 Å². The van der Waals surface area contributed by atoms with E-state index in [1.807, 2.05) is 6.92 Å². The zero-order chi connectivity index (χ0) is 11.9. The fourth-order valence-electron chi connectivity index (χ4n) is 2.16. The summed E-state index contributed by atoms with van der Waals surface area (Å²) >= 11 is 5.96. The van der Waals surface area contributed by atoms with Crippen LogP contribution in [0.3, 0.4) is 0 Å². The number of anilines is 1. The summed E-state index contributed by atoms with van der Waals surface area (Å²) in [6.45, 7) is 10.7. The molecule has 2 heterocycles. The van der Waals surface area contributed by atoms with Crippen LogP contribution in [0.15, 0.2) is 0 Å². The van der Waals surface area contributed by atoms with Crippen LogP contribution in [0, 0.1) is 19.3 Å². The Morgan fingerprint density at radius 3 is 2.44 bits per heavy atom. The summed E-state index contributed by atoms with van der Waals surface area (Å²) in [5.74, 6) is 0.993. The van der Waals surface area contributed by atoms with Gasteiger partial charge in [0.2, 0.25) is 0 Å². The second-order valence-corrected chi connectivity index (χ2v) is 5.76. The molecule has 0 aromatic carbocycles. The molecule has 0 bridgehead atoms. The van der Waals surface area contributed by atoms with Gasteiger partial charge in [-0.25, -0.2) is 0 Å². The Morgan fingerprint density at radius 1 is 1.19 bits per heavy atom. The Kier molecular flexibility index (Phi) is 2.82. The molecule has 1 aromatic rings. The Bertz CT molecular complexity index is 415. The molecule has 4 heteroatoms. The summed E-state index contributed by atoms with van der Waals surface area (Å²) in [5.41, 5.74) is 2.57. The first-order chi connectivity index (χ1) is 7.41. The second kappa shape index (κ2) is 3.88. The molecular weight excluding hydrogens is 222 g/mol. The quantitative estimate of drug-likeness (QED) is 0.755. The Morgan fingerprint density at radius 2 is 1.88 bits per heavy atom. The number of halogens is 1. The van der Waals surface area contributed by atoms with Crippen molar-refractivity contribution in [3.8, 4) is 0 Å². The average molecular weight is 240 g/mol. The van der Waals surface area contributed by atoms with E-state index < -0.39 is 0 Å². The first kappa shape index (κ1) is 11.6. The number of aromatic nitrogens is 2. The smallest absolute Gasteiger partial charge is 0.155 e. The number of hydrogen-bond acceptors (Lipinski definition) is 3. The SMILES string of the molecule is Cc1c(Cl)nnc(N2CCC(C)(C)C2)c1C. The van der Waals surface area contributed by atoms with Gasteiger partial charge < -0.3 is 4.90 Å². The molecule has 16 heavy (non-hydrogen) atoms. The van der Waals surface area contributed by atoms with Crippen LogP contribution in [0.5, 0.6) is 0 Å². The molecule has 1 aliphatic heterocycles. The van der Waals surface area contributed by atoms with Gasteiger partial charge in [-0.3, -0.25) is 0 Å². The minimum Gasteiger partial charge on any atom is -0.354 e. The van der Waals surface area contributed by atoms with E-state index in [1.165, 1.54) is 6.42 Å². The summed E-state index contributed by atoms with van der Waals surface area (Å²) in [4.78, 5) is 2.31. The van der Waals surface area contributed by atoms with Crippen LogP contribution in [0.1, 0.15) is 31.4 Å². The van der Waals surface area contributed by atoms with Gasteiger partial charge in [-0.1, -0.05) is 25.4 Å². The van der Waals surface area contributed by atoms with Crippen LogP contribution in [0.2, 0.25) is 5.15 Å². The molecule has 1 fully saturated rings. The van der Waals surface area contributed by atoms with Crippen LogP contribution in [-0.4, -0.2) is 23.3 Å². The van der Waals surface area contributed by atoms with Gasteiger partial charge in [-0.05, 0) is 36.8 Å². The number of rotatable bonds is 1. The van der Waals surface area contributed by atoms with Gasteiger partial charge in [0.15, 0.2) is 11.0 Å². The van der Waals surface area contributed by atoms with Gasteiger partial charge in [0.25, 0.3) is 0 Å². The highest BCUT2D eigenvalue weighted by Gasteiger charge is 2.31. The van der Waals surface area contributed by atoms with Crippen molar-refractivity contribution in [1.29, 1.82) is 0 Å². The third-order valence-electron chi connectivity index (χ3n) is 3.42. The van der Waals surface area contributed by atoms with Crippen LogP contribution in [-0.2, 0) is 0 Å². The fourth-order valence-corrected chi connectivity index (χ4v) is 2.34. The third-order valence-corrected chi connectivity index (χ3v) is 3.78. The molecule has 2 rings (SSSR count). The highest BCUT2D eigenvalue weighted by atomic mass is 35.5. The lowest BCUT2D eigenvalue weighted by Gasteiger charge is -2.22. The molecule has 0 amide bonds. The van der Waals surface area contributed by atoms with Crippen molar-refractivity contribution in [2.24, 2.45) is 5.41 Å². The maximum absolute atomic E-state index is 5.96. The van der Waals surface area contributed by atoms with Crippen molar-refractivity contribution in [2.75, 3.05) is 18.0 Å². The Hall–Kier alpha value is -0.830. The van der Waals surface area contributed by atoms with E-state index >= 15 is 0 Å². The number of nitrogens with zero attached hydrogens (tertiary/aromatic N) is 3. The third kappa shape index (κ3) is 2.01. The maximum Gasteiger partial charge on any atom is 0.155 e. The summed E-state index contributed by atoms with van der Waals surface area (Å²) in [6, 6.07) is 0. The van der Waals surface area contributed by atoms with E-state index in [0.717, 1.165) is 30.0 Å². The topological polar surface area (TPSA) is 29.0 Å². The molecule has 3 nitrogen and oxygen atoms in total. The van der Waals surface area contributed by atoms with Gasteiger partial charge in [0.05, 0.1) is 0 Å². The Labute approximate surface area is 102 Å². The van der Waals surface area contributed by atoms with Gasteiger partial charge >= 0.3 is 0 Å². The second-order valence-electron chi connectivity index (χ2n) is 5.40. The van der Waals surface area contributed by atoms with Gasteiger partial charge in [0.1, 0.15) is 0 Å². The van der Waals surface area contributed by atoms with Crippen molar-refractivity contribution in [3.05, 3.63) is 16.3 Å². The van der Waals surface area contributed by atoms with Crippen molar-refractivity contribution >= 4 is 17.4 Å². The minimum atomic E-state index is 0.377. The summed E-state index contributed by atoms with van der Waals surface area (Å²) in [7, 11) is 0. The van der Waals surface area contributed by atoms with E-state index in [4.69, 9.17) is 11.6 Å². The van der Waals surface area contributed by atoms with Crippen molar-refractivity contribution in [3.63, 3.8) is 0 Å². The van der Waals surface area contributed by atoms with Gasteiger partial charge in [-0.15, -0.1) is 10.2 Å². The molecule has 1 aliphatic rings. The van der Waals surface area contributed by atoms with E-state index in [9.17, 15) is 0 Å². The zero-order valence-corrected chi connectivity index (χ0v) is 11.1. The van der Waals surface area contributed by atoms with Crippen LogP contribution in [0.25, 0.3) is 0 Å². The summed E-state index contributed by atoms with van der Waals surface area (Å²) in [6.07, 6.45) is 1.20. The largest absolute Gasteiger partial charge is 0.354 e. The molecule has 0 spiro atoms. The Balaban J connectivity index is 2.32. The molecular formula is C12H18ClN3. The van der Waals surface area contributed by atoms with Crippen LogP contribution < -0.4 is 4.90 Å². The zero-order valence-electron chi connectivity index (χ0n) is 10.3. The molecule has 1 aromatic heterocycles. The van der Waals surface area contributed by atoms with Crippen molar-refractivity contribution in [2.45, 2.75) is 34.1 Å². The molecule has 0 unspecified atom stereocenters. The predicted molar refractivity (Wildman–Crippen MR) is 67.1 cm³/mol. The minimum absolute atomic E-state index is 0.377. The highest BCUT2D eigenvalue weighted by Crippen LogP contribution is 2.33. The predicted octanol–water partition coefficient (Wildman–Crippen LogP) is 2.98. The lowest BCUT2D eigenvalue weighted by atomic mass is 9.93. The van der Waals surface area contributed by atoms with Crippen LogP contribution in [0.4, 0.5) is 5.82 Å². The standard InChI is InChI=1S/C12H18ClN3/c1-8-9(2)11(15-14-10(8)13)16-6-5-12(3,4)7-16/h5-7H2,1-4H3. The van der Waals surface area contributed by atoms with Crippen molar-refractivity contribution < 1.29 is 0 Å². The molecule has 88 valence electrons. The molecule has 0 N–H and O–H groups in total. The van der Waals surface area contributed by atoms with Gasteiger partial charge in [0, 0.05) is 13.1 Å². The summed E-state index contributed by atoms with van der Waals surface area (Å²) in [5, 5.41) is 8.75. The van der Waals surface area contributed by atoms with Crippen LogP contribution >= 0.6 is 11.6 Å². The van der Waals surface area contributed by atoms with E-state index in [-0.39, 0.29) is 0 Å². The van der Waals surface area contributed by atoms with Crippen molar-refractivity contribution in [1.82, 2.24) is 10.2 Å². The van der Waals surface area contributed by atoms with E-state index in [0.29, 0.717) is 10.6 Å².